The molecule has 0 bridgehead atoms. The van der Waals surface area contributed by atoms with Crippen LogP contribution in [0.3, 0.4) is 0 Å². The van der Waals surface area contributed by atoms with Crippen molar-refractivity contribution in [2.45, 2.75) is 33.5 Å². The molecule has 0 spiro atoms. The van der Waals surface area contributed by atoms with Crippen LogP contribution in [0.5, 0.6) is 0 Å². The fraction of sp³-hybridized carbons (Fsp3) is 0.393. The first-order valence-electron chi connectivity index (χ1n) is 12.6. The minimum Gasteiger partial charge on any atom is -0.351 e. The van der Waals surface area contributed by atoms with E-state index in [1.807, 2.05) is 60.1 Å². The summed E-state index contributed by atoms with van der Waals surface area (Å²) >= 11 is 0. The molecule has 36 heavy (non-hydrogen) atoms. The molecule has 0 aliphatic carbocycles. The molecule has 1 aliphatic heterocycles. The van der Waals surface area contributed by atoms with Crippen molar-refractivity contribution < 1.29 is 9.59 Å². The monoisotopic (exact) mass is 488 g/mol. The Morgan fingerprint density at radius 1 is 0.750 bits per heavy atom. The lowest BCUT2D eigenvalue weighted by molar-refractivity contribution is -0.125. The van der Waals surface area contributed by atoms with Crippen LogP contribution in [0.4, 0.5) is 0 Å². The second-order valence-electron chi connectivity index (χ2n) is 9.38. The quantitative estimate of drug-likeness (QED) is 0.457. The number of rotatable bonds is 10. The fourth-order valence-electron chi connectivity index (χ4n) is 4.51. The third kappa shape index (κ3) is 7.26. The van der Waals surface area contributed by atoms with Gasteiger partial charge in [-0.2, -0.15) is 5.10 Å². The first-order valence-corrected chi connectivity index (χ1v) is 12.6. The number of aromatic nitrogens is 2. The van der Waals surface area contributed by atoms with Crippen molar-refractivity contribution in [1.82, 2.24) is 30.2 Å². The number of benzene rings is 2. The lowest BCUT2D eigenvalue weighted by Gasteiger charge is -2.33. The van der Waals surface area contributed by atoms with Gasteiger partial charge in [0.25, 0.3) is 0 Å². The summed E-state index contributed by atoms with van der Waals surface area (Å²) in [6.07, 6.45) is 0. The predicted molar refractivity (Wildman–Crippen MR) is 140 cm³/mol. The second-order valence-corrected chi connectivity index (χ2v) is 9.38. The number of nitrogens with zero attached hydrogens (tertiary/aromatic N) is 4. The smallest absolute Gasteiger partial charge is 0.234 e. The summed E-state index contributed by atoms with van der Waals surface area (Å²) in [5.41, 5.74) is 5.39. The Labute approximate surface area is 213 Å². The lowest BCUT2D eigenvalue weighted by Crippen LogP contribution is -2.51. The SMILES string of the molecule is Cc1nn(Cc2ccccc2)c(C)c1CNC(=O)CN1CCN(CC(=O)NCc2ccccc2)CC1. The zero-order valence-corrected chi connectivity index (χ0v) is 21.2. The molecule has 1 fully saturated rings. The van der Waals surface area contributed by atoms with Crippen molar-refractivity contribution in [1.29, 1.82) is 0 Å². The van der Waals surface area contributed by atoms with Crippen LogP contribution in [0, 0.1) is 13.8 Å². The van der Waals surface area contributed by atoms with Gasteiger partial charge in [0.15, 0.2) is 0 Å². The molecule has 2 heterocycles. The topological polar surface area (TPSA) is 82.5 Å². The Morgan fingerprint density at radius 3 is 1.81 bits per heavy atom. The Bertz CT molecular complexity index is 1140. The normalized spacial score (nSPS) is 14.5. The highest BCUT2D eigenvalue weighted by Gasteiger charge is 2.21. The molecule has 2 N–H and O–H groups in total. The number of nitrogens with one attached hydrogen (secondary N) is 2. The Balaban J connectivity index is 1.17. The van der Waals surface area contributed by atoms with Gasteiger partial charge in [-0.15, -0.1) is 0 Å². The van der Waals surface area contributed by atoms with E-state index in [-0.39, 0.29) is 11.8 Å². The van der Waals surface area contributed by atoms with Crippen LogP contribution >= 0.6 is 0 Å². The van der Waals surface area contributed by atoms with E-state index >= 15 is 0 Å². The average Bonchev–Trinajstić information content (AvgIpc) is 3.15. The Morgan fingerprint density at radius 2 is 1.25 bits per heavy atom. The first kappa shape index (κ1) is 25.6. The van der Waals surface area contributed by atoms with Crippen LogP contribution in [0.2, 0.25) is 0 Å². The molecule has 8 nitrogen and oxygen atoms in total. The molecule has 0 atom stereocenters. The van der Waals surface area contributed by atoms with Gasteiger partial charge in [0.05, 0.1) is 25.3 Å². The molecule has 2 amide bonds. The molecule has 0 saturated carbocycles. The van der Waals surface area contributed by atoms with E-state index in [1.54, 1.807) is 0 Å². The molecule has 1 saturated heterocycles. The van der Waals surface area contributed by atoms with Crippen molar-refractivity contribution in [2.75, 3.05) is 39.3 Å². The zero-order valence-electron chi connectivity index (χ0n) is 21.2. The second kappa shape index (κ2) is 12.5. The van der Waals surface area contributed by atoms with E-state index in [9.17, 15) is 9.59 Å². The molecule has 8 heteroatoms. The van der Waals surface area contributed by atoms with Crippen molar-refractivity contribution in [3.8, 4) is 0 Å². The van der Waals surface area contributed by atoms with Gasteiger partial charge in [-0.3, -0.25) is 24.1 Å². The van der Waals surface area contributed by atoms with Gasteiger partial charge in [0.1, 0.15) is 0 Å². The van der Waals surface area contributed by atoms with Gasteiger partial charge in [-0.05, 0) is 25.0 Å². The summed E-state index contributed by atoms with van der Waals surface area (Å²) < 4.78 is 2.00. The molecule has 190 valence electrons. The van der Waals surface area contributed by atoms with E-state index < -0.39 is 0 Å². The predicted octanol–water partition coefficient (Wildman–Crippen LogP) is 2.10. The van der Waals surface area contributed by atoms with E-state index in [4.69, 9.17) is 0 Å². The summed E-state index contributed by atoms with van der Waals surface area (Å²) in [6.45, 7) is 9.63. The van der Waals surface area contributed by atoms with Crippen LogP contribution in [-0.4, -0.2) is 70.7 Å². The number of hydrogen-bond acceptors (Lipinski definition) is 5. The molecule has 1 aromatic heterocycles. The van der Waals surface area contributed by atoms with Gasteiger partial charge in [-0.1, -0.05) is 60.7 Å². The minimum absolute atomic E-state index is 0.0127. The van der Waals surface area contributed by atoms with Crippen molar-refractivity contribution in [3.63, 3.8) is 0 Å². The maximum absolute atomic E-state index is 12.6. The molecule has 0 radical (unpaired) electrons. The van der Waals surface area contributed by atoms with E-state index in [0.717, 1.165) is 55.2 Å². The summed E-state index contributed by atoms with van der Waals surface area (Å²) in [4.78, 5) is 29.2. The van der Waals surface area contributed by atoms with E-state index in [0.29, 0.717) is 26.2 Å². The first-order chi connectivity index (χ1) is 17.5. The van der Waals surface area contributed by atoms with Gasteiger partial charge < -0.3 is 10.6 Å². The van der Waals surface area contributed by atoms with Crippen LogP contribution in [0.15, 0.2) is 60.7 Å². The maximum Gasteiger partial charge on any atom is 0.234 e. The molecule has 0 unspecified atom stereocenters. The fourth-order valence-corrected chi connectivity index (χ4v) is 4.51. The molecular formula is C28H36N6O2. The van der Waals surface area contributed by atoms with Crippen molar-refractivity contribution >= 4 is 11.8 Å². The molecule has 2 aromatic carbocycles. The van der Waals surface area contributed by atoms with Gasteiger partial charge in [0.2, 0.25) is 11.8 Å². The van der Waals surface area contributed by atoms with Crippen molar-refractivity contribution in [3.05, 3.63) is 88.7 Å². The number of hydrogen-bond donors (Lipinski definition) is 2. The molecule has 1 aliphatic rings. The molecule has 3 aromatic rings. The minimum atomic E-state index is 0.0127. The lowest BCUT2D eigenvalue weighted by atomic mass is 10.2. The largest absolute Gasteiger partial charge is 0.351 e. The van der Waals surface area contributed by atoms with Crippen LogP contribution in [0.1, 0.15) is 28.1 Å². The van der Waals surface area contributed by atoms with E-state index in [2.05, 4.69) is 44.6 Å². The Kier molecular flexibility index (Phi) is 8.86. The highest BCUT2D eigenvalue weighted by Crippen LogP contribution is 2.15. The third-order valence-electron chi connectivity index (χ3n) is 6.70. The van der Waals surface area contributed by atoms with Crippen LogP contribution in [0.25, 0.3) is 0 Å². The zero-order chi connectivity index (χ0) is 25.3. The standard InChI is InChI=1S/C28H36N6O2/c1-22-26(23(2)34(31-22)19-25-11-7-4-8-12-25)18-30-28(36)21-33-15-13-32(14-16-33)20-27(35)29-17-24-9-5-3-6-10-24/h3-12H,13-21H2,1-2H3,(H,29,35)(H,30,36). The van der Waals surface area contributed by atoms with Gasteiger partial charge in [0, 0.05) is 50.5 Å². The summed E-state index contributed by atoms with van der Waals surface area (Å²) in [6, 6.07) is 20.2. The Hall–Kier alpha value is -3.49. The maximum atomic E-state index is 12.6. The molecular weight excluding hydrogens is 452 g/mol. The molecule has 4 rings (SSSR count). The number of carbonyl (C=O) groups is 2. The summed E-state index contributed by atoms with van der Waals surface area (Å²) in [5.74, 6) is 0.0438. The summed E-state index contributed by atoms with van der Waals surface area (Å²) in [5, 5.41) is 10.7. The third-order valence-corrected chi connectivity index (χ3v) is 6.70. The summed E-state index contributed by atoms with van der Waals surface area (Å²) in [7, 11) is 0. The van der Waals surface area contributed by atoms with Gasteiger partial charge >= 0.3 is 0 Å². The van der Waals surface area contributed by atoms with Crippen molar-refractivity contribution in [2.24, 2.45) is 0 Å². The highest BCUT2D eigenvalue weighted by molar-refractivity contribution is 5.78. The number of carbonyl (C=O) groups excluding carboxylic acids is 2. The number of aryl methyl sites for hydroxylation is 1. The van der Waals surface area contributed by atoms with Crippen LogP contribution in [-0.2, 0) is 29.2 Å². The van der Waals surface area contributed by atoms with Gasteiger partial charge in [-0.25, -0.2) is 0 Å². The number of amides is 2. The highest BCUT2D eigenvalue weighted by atomic mass is 16.2. The van der Waals surface area contributed by atoms with Crippen LogP contribution < -0.4 is 10.6 Å². The van der Waals surface area contributed by atoms with E-state index in [1.165, 1.54) is 5.56 Å². The number of piperazine rings is 1. The average molecular weight is 489 g/mol.